The van der Waals surface area contributed by atoms with Crippen molar-refractivity contribution in [2.24, 2.45) is 0 Å². The van der Waals surface area contributed by atoms with Crippen molar-refractivity contribution < 1.29 is 24.1 Å². The Morgan fingerprint density at radius 1 is 1.02 bits per heavy atom. The summed E-state index contributed by atoms with van der Waals surface area (Å²) in [7, 11) is 1.66. The number of unbranched alkanes of at least 4 members (excludes halogenated alkanes) is 1. The van der Waals surface area contributed by atoms with Gasteiger partial charge in [0.05, 0.1) is 38.4 Å². The van der Waals surface area contributed by atoms with Gasteiger partial charge in [-0.2, -0.15) is 0 Å². The van der Waals surface area contributed by atoms with E-state index in [0.717, 1.165) is 69.6 Å². The molecule has 0 radical (unpaired) electrons. The third-order valence-electron chi connectivity index (χ3n) is 7.13. The summed E-state index contributed by atoms with van der Waals surface area (Å²) in [6.45, 7) is 8.05. The molecule has 8 heteroatoms. The molecule has 0 aliphatic carbocycles. The number of esters is 1. The fourth-order valence-corrected chi connectivity index (χ4v) is 4.96. The first kappa shape index (κ1) is 29.2. The van der Waals surface area contributed by atoms with Crippen LogP contribution in [0.2, 0.25) is 0 Å². The number of fused-ring (bicyclic) bond motifs is 1. The van der Waals surface area contributed by atoms with Crippen molar-refractivity contribution in [2.75, 3.05) is 20.3 Å². The van der Waals surface area contributed by atoms with Crippen LogP contribution in [0, 0.1) is 13.8 Å². The highest BCUT2D eigenvalue weighted by Crippen LogP contribution is 2.29. The largest absolute Gasteiger partial charge is 0.497 e. The molecule has 0 aliphatic heterocycles. The van der Waals surface area contributed by atoms with Crippen molar-refractivity contribution in [3.63, 3.8) is 0 Å². The molecule has 0 spiro atoms. The molecule has 0 aliphatic rings. The molecule has 0 saturated heterocycles. The second-order valence-electron chi connectivity index (χ2n) is 10.1. The maximum atomic E-state index is 13.0. The average molecular weight is 546 g/mol. The summed E-state index contributed by atoms with van der Waals surface area (Å²) in [6.07, 6.45) is 2.32. The van der Waals surface area contributed by atoms with Gasteiger partial charge < -0.3 is 19.3 Å². The first-order chi connectivity index (χ1) is 19.4. The lowest BCUT2D eigenvalue weighted by atomic mass is 9.88. The first-order valence-electron chi connectivity index (χ1n) is 13.8. The van der Waals surface area contributed by atoms with E-state index in [9.17, 15) is 9.90 Å². The predicted octanol–water partition coefficient (Wildman–Crippen LogP) is 5.44. The quantitative estimate of drug-likeness (QED) is 0.167. The molecule has 4 aromatic rings. The van der Waals surface area contributed by atoms with E-state index in [-0.39, 0.29) is 12.6 Å². The van der Waals surface area contributed by atoms with Crippen molar-refractivity contribution >= 4 is 17.0 Å². The number of aliphatic hydroxyl groups is 1. The van der Waals surface area contributed by atoms with E-state index in [1.807, 2.05) is 74.0 Å². The maximum absolute atomic E-state index is 13.0. The van der Waals surface area contributed by atoms with Crippen LogP contribution in [0.1, 0.15) is 59.1 Å². The van der Waals surface area contributed by atoms with Gasteiger partial charge in [-0.1, -0.05) is 47.2 Å². The lowest BCUT2D eigenvalue weighted by Crippen LogP contribution is -2.19. The molecule has 0 bridgehead atoms. The van der Waals surface area contributed by atoms with Crippen LogP contribution in [0.25, 0.3) is 11.0 Å². The number of methoxy groups -OCH3 is 1. The van der Waals surface area contributed by atoms with Crippen molar-refractivity contribution in [3.05, 3.63) is 88.0 Å². The normalized spacial score (nSPS) is 12.0. The fraction of sp³-hybridized carbons (Fsp3) is 0.406. The van der Waals surface area contributed by atoms with E-state index in [0.29, 0.717) is 26.2 Å². The van der Waals surface area contributed by atoms with Crippen LogP contribution in [-0.4, -0.2) is 46.4 Å². The number of ether oxygens (including phenoxy) is 3. The molecule has 0 amide bonds. The number of carbonyl (C=O) groups is 1. The number of aromatic nitrogens is 3. The van der Waals surface area contributed by atoms with Crippen molar-refractivity contribution in [1.82, 2.24) is 15.0 Å². The summed E-state index contributed by atoms with van der Waals surface area (Å²) in [5, 5.41) is 18.6. The van der Waals surface area contributed by atoms with Crippen molar-refractivity contribution in [1.29, 1.82) is 0 Å². The third kappa shape index (κ3) is 7.25. The van der Waals surface area contributed by atoms with Crippen molar-refractivity contribution in [2.45, 2.75) is 65.7 Å². The zero-order chi connectivity index (χ0) is 28.5. The van der Waals surface area contributed by atoms with Gasteiger partial charge in [0.1, 0.15) is 11.3 Å². The van der Waals surface area contributed by atoms with Gasteiger partial charge in [-0.3, -0.25) is 4.79 Å². The van der Waals surface area contributed by atoms with E-state index < -0.39 is 5.92 Å². The summed E-state index contributed by atoms with van der Waals surface area (Å²) >= 11 is 0. The average Bonchev–Trinajstić information content (AvgIpc) is 3.38. The molecule has 40 heavy (non-hydrogen) atoms. The Kier molecular flexibility index (Phi) is 10.3. The van der Waals surface area contributed by atoms with E-state index in [1.54, 1.807) is 7.11 Å². The number of hydrogen-bond donors (Lipinski definition) is 1. The molecule has 212 valence electrons. The monoisotopic (exact) mass is 545 g/mol. The van der Waals surface area contributed by atoms with Gasteiger partial charge in [0.2, 0.25) is 0 Å². The number of aryl methyl sites for hydroxylation is 3. The highest BCUT2D eigenvalue weighted by atomic mass is 16.5. The minimum atomic E-state index is -0.478. The Balaban J connectivity index is 1.39. The second kappa shape index (κ2) is 14.1. The van der Waals surface area contributed by atoms with E-state index in [1.165, 1.54) is 0 Å². The number of rotatable bonds is 14. The highest BCUT2D eigenvalue weighted by molar-refractivity contribution is 5.81. The summed E-state index contributed by atoms with van der Waals surface area (Å²) in [6, 6.07) is 17.8. The molecular weight excluding hydrogens is 506 g/mol. The summed E-state index contributed by atoms with van der Waals surface area (Å²) in [5.41, 5.74) is 7.60. The van der Waals surface area contributed by atoms with Crippen LogP contribution in [0.15, 0.2) is 54.6 Å². The number of nitrogens with zero attached hydrogens (tertiary/aromatic N) is 3. The van der Waals surface area contributed by atoms with Gasteiger partial charge in [-0.05, 0) is 86.1 Å². The van der Waals surface area contributed by atoms with E-state index in [4.69, 9.17) is 14.2 Å². The van der Waals surface area contributed by atoms with E-state index in [2.05, 4.69) is 16.4 Å². The summed E-state index contributed by atoms with van der Waals surface area (Å²) in [4.78, 5) is 13.0. The molecule has 1 aromatic heterocycles. The van der Waals surface area contributed by atoms with Crippen LogP contribution in [0.5, 0.6) is 5.75 Å². The number of hydrogen-bond acceptors (Lipinski definition) is 7. The molecule has 0 fully saturated rings. The smallest absolute Gasteiger partial charge is 0.313 e. The van der Waals surface area contributed by atoms with Crippen LogP contribution in [0.3, 0.4) is 0 Å². The van der Waals surface area contributed by atoms with Gasteiger partial charge in [0.15, 0.2) is 0 Å². The Morgan fingerprint density at radius 3 is 2.55 bits per heavy atom. The minimum Gasteiger partial charge on any atom is -0.497 e. The number of benzene rings is 3. The Bertz CT molecular complexity index is 1410. The lowest BCUT2D eigenvalue weighted by Gasteiger charge is -2.19. The molecular formula is C32H39N3O5. The van der Waals surface area contributed by atoms with Crippen LogP contribution >= 0.6 is 0 Å². The van der Waals surface area contributed by atoms with Crippen LogP contribution in [0.4, 0.5) is 0 Å². The molecule has 4 rings (SSSR count). The van der Waals surface area contributed by atoms with Crippen LogP contribution < -0.4 is 4.74 Å². The minimum absolute atomic E-state index is 0.0763. The molecule has 1 unspecified atom stereocenters. The molecule has 8 nitrogen and oxygen atoms in total. The summed E-state index contributed by atoms with van der Waals surface area (Å²) < 4.78 is 18.4. The zero-order valence-corrected chi connectivity index (χ0v) is 23.9. The van der Waals surface area contributed by atoms with Crippen molar-refractivity contribution in [3.8, 4) is 5.75 Å². The van der Waals surface area contributed by atoms with Gasteiger partial charge in [-0.25, -0.2) is 4.68 Å². The third-order valence-corrected chi connectivity index (χ3v) is 7.13. The lowest BCUT2D eigenvalue weighted by molar-refractivity contribution is -0.144. The molecule has 3 aromatic carbocycles. The second-order valence-corrected chi connectivity index (χ2v) is 10.1. The zero-order valence-electron chi connectivity index (χ0n) is 23.9. The summed E-state index contributed by atoms with van der Waals surface area (Å²) in [5.74, 6) is 0.0940. The van der Waals surface area contributed by atoms with Gasteiger partial charge >= 0.3 is 5.97 Å². The SMILES string of the molecule is CCOC(=O)C(Cc1ccc2c(nnn2CCCCOCc2ccc(OC)cc2)c1C)c1cc(C)cc(CO)c1. The first-order valence-corrected chi connectivity index (χ1v) is 13.8. The fourth-order valence-electron chi connectivity index (χ4n) is 4.96. The number of aliphatic hydroxyl groups excluding tert-OH is 1. The molecule has 1 heterocycles. The Morgan fingerprint density at radius 2 is 1.82 bits per heavy atom. The van der Waals surface area contributed by atoms with Gasteiger partial charge in [0, 0.05) is 13.2 Å². The van der Waals surface area contributed by atoms with Crippen LogP contribution in [-0.2, 0) is 40.4 Å². The topological polar surface area (TPSA) is 95.7 Å². The molecule has 1 N–H and O–H groups in total. The van der Waals surface area contributed by atoms with Gasteiger partial charge in [0.25, 0.3) is 0 Å². The predicted molar refractivity (Wildman–Crippen MR) is 154 cm³/mol. The Labute approximate surface area is 235 Å². The Hall–Kier alpha value is -3.75. The highest BCUT2D eigenvalue weighted by Gasteiger charge is 2.25. The molecule has 0 saturated carbocycles. The maximum Gasteiger partial charge on any atom is 0.313 e. The molecule has 1 atom stereocenters. The van der Waals surface area contributed by atoms with E-state index >= 15 is 0 Å². The number of carbonyl (C=O) groups excluding carboxylic acids is 1. The van der Waals surface area contributed by atoms with Gasteiger partial charge in [-0.15, -0.1) is 5.10 Å². The standard InChI is InChI=1S/C32H39N3O5/c1-5-40-32(37)29(27-17-22(2)16-25(18-27)20-36)19-26-10-13-30-31(23(26)3)33-34-35(30)14-6-7-15-39-21-24-8-11-28(38-4)12-9-24/h8-13,16-18,29,36H,5-7,14-15,19-21H2,1-4H3.